The van der Waals surface area contributed by atoms with E-state index in [0.29, 0.717) is 6.42 Å². The average molecular weight is 174 g/mol. The van der Waals surface area contributed by atoms with E-state index >= 15 is 0 Å². The number of aliphatic hydroxyl groups excluding tert-OH is 1. The van der Waals surface area contributed by atoms with Crippen molar-refractivity contribution in [2.24, 2.45) is 0 Å². The molecule has 0 aromatic carbocycles. The molecule has 0 aliphatic heterocycles. The molecule has 70 valence electrons. The number of rotatable bonds is 5. The van der Waals surface area contributed by atoms with Crippen molar-refractivity contribution < 1.29 is 19.7 Å². The lowest BCUT2D eigenvalue weighted by molar-refractivity contribution is -0.292. The van der Waals surface area contributed by atoms with Gasteiger partial charge in [-0.2, -0.15) is 4.89 Å². The molecular weight excluding hydrogens is 160 g/mol. The topological polar surface area (TPSA) is 55.8 Å². The van der Waals surface area contributed by atoms with Gasteiger partial charge in [0, 0.05) is 18.6 Å². The van der Waals surface area contributed by atoms with Crippen molar-refractivity contribution in [3.63, 3.8) is 0 Å². The second-order valence-corrected chi connectivity index (χ2v) is 2.57. The highest BCUT2D eigenvalue weighted by Gasteiger charge is 2.08. The number of hydrogen-bond acceptors (Lipinski definition) is 4. The van der Waals surface area contributed by atoms with Crippen molar-refractivity contribution in [3.8, 4) is 0 Å². The van der Waals surface area contributed by atoms with Gasteiger partial charge in [-0.05, 0) is 13.8 Å². The van der Waals surface area contributed by atoms with Crippen molar-refractivity contribution >= 4 is 5.97 Å². The zero-order valence-corrected chi connectivity index (χ0v) is 7.37. The smallest absolute Gasteiger partial charge is 0.368 e. The van der Waals surface area contributed by atoms with Crippen LogP contribution in [0.3, 0.4) is 0 Å². The maximum absolute atomic E-state index is 10.7. The molecule has 0 spiro atoms. The lowest BCUT2D eigenvalue weighted by Gasteiger charge is -2.08. The average Bonchev–Trinajstić information content (AvgIpc) is 2.00. The summed E-state index contributed by atoms with van der Waals surface area (Å²) in [6.07, 6.45) is 0.141. The third kappa shape index (κ3) is 4.87. The number of hydrogen-bond donors (Lipinski definition) is 1. The van der Waals surface area contributed by atoms with Gasteiger partial charge in [-0.1, -0.05) is 6.58 Å². The van der Waals surface area contributed by atoms with Gasteiger partial charge >= 0.3 is 5.97 Å². The molecule has 0 aromatic heterocycles. The van der Waals surface area contributed by atoms with Crippen LogP contribution in [0.4, 0.5) is 0 Å². The van der Waals surface area contributed by atoms with Crippen LogP contribution in [-0.4, -0.2) is 23.8 Å². The first-order chi connectivity index (χ1) is 5.57. The lowest BCUT2D eigenvalue weighted by Crippen LogP contribution is -2.14. The Balaban J connectivity index is 3.54. The molecule has 4 heteroatoms. The molecule has 1 N–H and O–H groups in total. The molecule has 0 amide bonds. The van der Waals surface area contributed by atoms with Gasteiger partial charge in [0.1, 0.15) is 6.10 Å². The molecule has 0 aromatic rings. The van der Waals surface area contributed by atoms with Crippen molar-refractivity contribution in [2.75, 3.05) is 6.61 Å². The fourth-order valence-electron chi connectivity index (χ4n) is 0.427. The van der Waals surface area contributed by atoms with E-state index in [4.69, 9.17) is 5.11 Å². The van der Waals surface area contributed by atoms with Crippen molar-refractivity contribution in [1.29, 1.82) is 0 Å². The Bertz CT molecular complexity index is 164. The molecule has 0 bridgehead atoms. The van der Waals surface area contributed by atoms with Gasteiger partial charge in [0.05, 0.1) is 0 Å². The van der Waals surface area contributed by atoms with Gasteiger partial charge in [-0.3, -0.25) is 4.89 Å². The van der Waals surface area contributed by atoms with Crippen LogP contribution in [-0.2, 0) is 14.6 Å². The third-order valence-electron chi connectivity index (χ3n) is 1.17. The minimum absolute atomic E-state index is 0.00574. The van der Waals surface area contributed by atoms with E-state index in [-0.39, 0.29) is 18.3 Å². The molecule has 12 heavy (non-hydrogen) atoms. The Morgan fingerprint density at radius 3 is 2.67 bits per heavy atom. The first-order valence-electron chi connectivity index (χ1n) is 3.72. The molecule has 1 unspecified atom stereocenters. The number of carbonyl (C=O) groups is 1. The minimum Gasteiger partial charge on any atom is -0.396 e. The molecule has 0 heterocycles. The summed E-state index contributed by atoms with van der Waals surface area (Å²) in [7, 11) is 0. The Kier molecular flexibility index (Phi) is 5.32. The summed E-state index contributed by atoms with van der Waals surface area (Å²) in [5.74, 6) is -0.584. The molecule has 0 fully saturated rings. The predicted molar refractivity (Wildman–Crippen MR) is 43.2 cm³/mol. The zero-order valence-electron chi connectivity index (χ0n) is 7.37. The van der Waals surface area contributed by atoms with Crippen molar-refractivity contribution in [1.82, 2.24) is 0 Å². The van der Waals surface area contributed by atoms with Gasteiger partial charge in [0.15, 0.2) is 0 Å². The molecule has 0 saturated heterocycles. The summed E-state index contributed by atoms with van der Waals surface area (Å²) in [6.45, 7) is 6.61. The molecule has 0 saturated carbocycles. The van der Waals surface area contributed by atoms with Crippen molar-refractivity contribution in [3.05, 3.63) is 12.2 Å². The van der Waals surface area contributed by atoms with Crippen LogP contribution < -0.4 is 0 Å². The first kappa shape index (κ1) is 11.1. The second kappa shape index (κ2) is 5.74. The van der Waals surface area contributed by atoms with E-state index in [1.165, 1.54) is 6.92 Å². The largest absolute Gasteiger partial charge is 0.396 e. The second-order valence-electron chi connectivity index (χ2n) is 2.57. The van der Waals surface area contributed by atoms with Crippen LogP contribution in [0.15, 0.2) is 12.2 Å². The van der Waals surface area contributed by atoms with Gasteiger partial charge in [0.25, 0.3) is 0 Å². The molecule has 4 nitrogen and oxygen atoms in total. The summed E-state index contributed by atoms with van der Waals surface area (Å²) in [4.78, 5) is 19.7. The van der Waals surface area contributed by atoms with Gasteiger partial charge in [0.2, 0.25) is 0 Å². The lowest BCUT2D eigenvalue weighted by atomic mass is 10.3. The van der Waals surface area contributed by atoms with Crippen LogP contribution in [0.2, 0.25) is 0 Å². The highest BCUT2D eigenvalue weighted by atomic mass is 17.2. The Labute approximate surface area is 71.7 Å². The minimum atomic E-state index is -0.584. The Morgan fingerprint density at radius 2 is 2.25 bits per heavy atom. The fraction of sp³-hybridized carbons (Fsp3) is 0.625. The highest BCUT2D eigenvalue weighted by Crippen LogP contribution is 2.00. The molecule has 0 rings (SSSR count). The normalized spacial score (nSPS) is 12.2. The predicted octanol–water partition coefficient (Wildman–Crippen LogP) is 0.808. The van der Waals surface area contributed by atoms with Gasteiger partial charge < -0.3 is 5.11 Å². The summed E-state index contributed by atoms with van der Waals surface area (Å²) >= 11 is 0. The van der Waals surface area contributed by atoms with E-state index in [0.717, 1.165) is 0 Å². The van der Waals surface area contributed by atoms with E-state index in [1.54, 1.807) is 6.92 Å². The van der Waals surface area contributed by atoms with Crippen LogP contribution in [0.5, 0.6) is 0 Å². The summed E-state index contributed by atoms with van der Waals surface area (Å²) in [5.41, 5.74) is 0.284. The SMILES string of the molecule is C=C(C)C(=O)OOC(C)CCO. The van der Waals surface area contributed by atoms with E-state index in [1.807, 2.05) is 0 Å². The number of aliphatic hydroxyl groups is 1. The highest BCUT2D eigenvalue weighted by molar-refractivity contribution is 5.86. The van der Waals surface area contributed by atoms with Crippen LogP contribution in [0.25, 0.3) is 0 Å². The third-order valence-corrected chi connectivity index (χ3v) is 1.17. The summed E-state index contributed by atoms with van der Waals surface area (Å²) in [6, 6.07) is 0. The molecule has 0 aliphatic rings. The van der Waals surface area contributed by atoms with Crippen molar-refractivity contribution in [2.45, 2.75) is 26.4 Å². The molecular formula is C8H14O4. The molecule has 0 aliphatic carbocycles. The van der Waals surface area contributed by atoms with E-state index in [2.05, 4.69) is 16.4 Å². The van der Waals surface area contributed by atoms with Gasteiger partial charge in [-0.25, -0.2) is 4.79 Å². The van der Waals surface area contributed by atoms with Crippen LogP contribution in [0.1, 0.15) is 20.3 Å². The number of carbonyl (C=O) groups excluding carboxylic acids is 1. The zero-order chi connectivity index (χ0) is 9.56. The molecule has 1 atom stereocenters. The van der Waals surface area contributed by atoms with Crippen LogP contribution >= 0.6 is 0 Å². The van der Waals surface area contributed by atoms with Gasteiger partial charge in [-0.15, -0.1) is 0 Å². The Morgan fingerprint density at radius 1 is 1.67 bits per heavy atom. The quantitative estimate of drug-likeness (QED) is 0.380. The fourth-order valence-corrected chi connectivity index (χ4v) is 0.427. The maximum atomic E-state index is 10.7. The Hall–Kier alpha value is -0.870. The van der Waals surface area contributed by atoms with Crippen LogP contribution in [0, 0.1) is 0 Å². The standard InChI is InChI=1S/C8H14O4/c1-6(2)8(10)12-11-7(3)4-5-9/h7,9H,1,4-5H2,2-3H3. The maximum Gasteiger partial charge on any atom is 0.368 e. The summed E-state index contributed by atoms with van der Waals surface area (Å²) in [5, 5.41) is 8.47. The van der Waals surface area contributed by atoms with E-state index < -0.39 is 5.97 Å². The van der Waals surface area contributed by atoms with E-state index in [9.17, 15) is 4.79 Å². The first-order valence-corrected chi connectivity index (χ1v) is 3.72. The summed E-state index contributed by atoms with van der Waals surface area (Å²) < 4.78 is 0. The molecule has 0 radical (unpaired) electrons. The monoisotopic (exact) mass is 174 g/mol.